The molecule has 0 fully saturated rings. The van der Waals surface area contributed by atoms with E-state index in [2.05, 4.69) is 53.0 Å². The van der Waals surface area contributed by atoms with Crippen LogP contribution in [0, 0.1) is 20.8 Å². The van der Waals surface area contributed by atoms with Crippen molar-refractivity contribution in [3.8, 4) is 11.4 Å². The average molecular weight is 362 g/mol. The zero-order valence-electron chi connectivity index (χ0n) is 12.0. The summed E-state index contributed by atoms with van der Waals surface area (Å²) in [5.74, 6) is 0.676. The molecule has 1 heterocycles. The van der Waals surface area contributed by atoms with Gasteiger partial charge in [-0.15, -0.1) is 0 Å². The molecular weight excluding hydrogens is 348 g/mol. The number of fused-ring (bicyclic) bond motifs is 1. The summed E-state index contributed by atoms with van der Waals surface area (Å²) in [6.45, 7) is 6.16. The van der Waals surface area contributed by atoms with Gasteiger partial charge in [-0.05, 0) is 60.0 Å². The molecule has 0 saturated heterocycles. The predicted molar refractivity (Wildman–Crippen MR) is 91.9 cm³/mol. The van der Waals surface area contributed by atoms with Crippen molar-refractivity contribution >= 4 is 38.4 Å². The molecule has 0 saturated carbocycles. The maximum atomic E-state index is 6.40. The third-order valence-corrected chi connectivity index (χ3v) is 4.53. The third-order valence-electron chi connectivity index (χ3n) is 3.59. The number of hydrogen-bond donors (Lipinski definition) is 0. The Morgan fingerprint density at radius 3 is 2.43 bits per heavy atom. The van der Waals surface area contributed by atoms with E-state index in [1.54, 1.807) is 0 Å². The molecule has 1 aromatic heterocycles. The van der Waals surface area contributed by atoms with Gasteiger partial charge in [-0.25, -0.2) is 9.97 Å². The molecule has 2 aromatic carbocycles. The molecule has 0 aliphatic carbocycles. The molecular formula is C17H14BrClN2. The summed E-state index contributed by atoms with van der Waals surface area (Å²) in [4.78, 5) is 9.24. The first-order chi connectivity index (χ1) is 9.97. The lowest BCUT2D eigenvalue weighted by Gasteiger charge is -2.10. The van der Waals surface area contributed by atoms with Gasteiger partial charge in [0.2, 0.25) is 0 Å². The number of benzene rings is 2. The predicted octanol–water partition coefficient (Wildman–Crippen LogP) is 5.64. The first-order valence-electron chi connectivity index (χ1n) is 6.67. The monoisotopic (exact) mass is 360 g/mol. The Labute approximate surface area is 137 Å². The number of halogens is 2. The van der Waals surface area contributed by atoms with Gasteiger partial charge in [-0.1, -0.05) is 35.4 Å². The standard InChI is InChI=1S/C17H14BrClN2/c1-9-4-5-10(2)12(8-9)17-20-15-11(3)6-7-13(18)14(15)16(19)21-17/h4-8H,1-3H3. The van der Waals surface area contributed by atoms with Crippen LogP contribution in [0.3, 0.4) is 0 Å². The Balaban J connectivity index is 2.35. The fraction of sp³-hybridized carbons (Fsp3) is 0.176. The Morgan fingerprint density at radius 2 is 1.67 bits per heavy atom. The van der Waals surface area contributed by atoms with Gasteiger partial charge < -0.3 is 0 Å². The van der Waals surface area contributed by atoms with Crippen molar-refractivity contribution in [3.05, 3.63) is 56.6 Å². The molecule has 0 bridgehead atoms. The van der Waals surface area contributed by atoms with Gasteiger partial charge in [-0.2, -0.15) is 0 Å². The molecule has 0 amide bonds. The lowest BCUT2D eigenvalue weighted by molar-refractivity contribution is 1.20. The summed E-state index contributed by atoms with van der Waals surface area (Å²) in [5.41, 5.74) is 5.33. The van der Waals surface area contributed by atoms with Gasteiger partial charge >= 0.3 is 0 Å². The van der Waals surface area contributed by atoms with E-state index in [0.29, 0.717) is 11.0 Å². The highest BCUT2D eigenvalue weighted by Crippen LogP contribution is 2.33. The highest BCUT2D eigenvalue weighted by Gasteiger charge is 2.13. The van der Waals surface area contributed by atoms with E-state index >= 15 is 0 Å². The van der Waals surface area contributed by atoms with Crippen LogP contribution in [0.5, 0.6) is 0 Å². The number of hydrogen-bond acceptors (Lipinski definition) is 2. The highest BCUT2D eigenvalue weighted by atomic mass is 79.9. The summed E-state index contributed by atoms with van der Waals surface area (Å²) in [5, 5.41) is 1.34. The van der Waals surface area contributed by atoms with Crippen LogP contribution >= 0.6 is 27.5 Å². The maximum Gasteiger partial charge on any atom is 0.161 e. The topological polar surface area (TPSA) is 25.8 Å². The summed E-state index contributed by atoms with van der Waals surface area (Å²) in [7, 11) is 0. The van der Waals surface area contributed by atoms with Crippen LogP contribution in [0.2, 0.25) is 5.15 Å². The van der Waals surface area contributed by atoms with Crippen LogP contribution in [0.25, 0.3) is 22.3 Å². The number of aromatic nitrogens is 2. The van der Waals surface area contributed by atoms with Crippen LogP contribution in [0.15, 0.2) is 34.8 Å². The van der Waals surface area contributed by atoms with E-state index in [1.807, 2.05) is 19.1 Å². The van der Waals surface area contributed by atoms with Crippen molar-refractivity contribution in [1.82, 2.24) is 9.97 Å². The minimum absolute atomic E-state index is 0.478. The Morgan fingerprint density at radius 1 is 0.952 bits per heavy atom. The summed E-state index contributed by atoms with van der Waals surface area (Å²) >= 11 is 9.92. The third kappa shape index (κ3) is 2.56. The van der Waals surface area contributed by atoms with Gasteiger partial charge in [0.05, 0.1) is 10.9 Å². The Bertz CT molecular complexity index is 859. The van der Waals surface area contributed by atoms with Crippen molar-refractivity contribution in [1.29, 1.82) is 0 Å². The van der Waals surface area contributed by atoms with Crippen molar-refractivity contribution < 1.29 is 0 Å². The lowest BCUT2D eigenvalue weighted by Crippen LogP contribution is -1.96. The molecule has 4 heteroatoms. The van der Waals surface area contributed by atoms with Gasteiger partial charge in [0.1, 0.15) is 5.15 Å². The van der Waals surface area contributed by atoms with Crippen molar-refractivity contribution in [2.24, 2.45) is 0 Å². The highest BCUT2D eigenvalue weighted by molar-refractivity contribution is 9.10. The molecule has 0 radical (unpaired) electrons. The first-order valence-corrected chi connectivity index (χ1v) is 7.84. The van der Waals surface area contributed by atoms with Gasteiger partial charge in [-0.3, -0.25) is 0 Å². The number of rotatable bonds is 1. The van der Waals surface area contributed by atoms with Gasteiger partial charge in [0, 0.05) is 10.0 Å². The second-order valence-corrected chi connectivity index (χ2v) is 6.46. The van der Waals surface area contributed by atoms with E-state index < -0.39 is 0 Å². The second-order valence-electron chi connectivity index (χ2n) is 5.24. The smallest absolute Gasteiger partial charge is 0.161 e. The maximum absolute atomic E-state index is 6.40. The number of nitrogens with zero attached hydrogens (tertiary/aromatic N) is 2. The van der Waals surface area contributed by atoms with E-state index in [9.17, 15) is 0 Å². The van der Waals surface area contributed by atoms with Crippen LogP contribution in [-0.2, 0) is 0 Å². The molecule has 21 heavy (non-hydrogen) atoms. The molecule has 0 aliphatic heterocycles. The zero-order chi connectivity index (χ0) is 15.1. The van der Waals surface area contributed by atoms with Crippen LogP contribution in [0.1, 0.15) is 16.7 Å². The van der Waals surface area contributed by atoms with Crippen LogP contribution < -0.4 is 0 Å². The van der Waals surface area contributed by atoms with E-state index in [4.69, 9.17) is 16.6 Å². The van der Waals surface area contributed by atoms with Gasteiger partial charge in [0.15, 0.2) is 5.82 Å². The molecule has 0 N–H and O–H groups in total. The fourth-order valence-corrected chi connectivity index (χ4v) is 3.28. The molecule has 0 spiro atoms. The lowest BCUT2D eigenvalue weighted by atomic mass is 10.0. The van der Waals surface area contributed by atoms with Crippen molar-refractivity contribution in [2.45, 2.75) is 20.8 Å². The Kier molecular flexibility index (Phi) is 3.72. The summed E-state index contributed by atoms with van der Waals surface area (Å²) in [6, 6.07) is 10.3. The van der Waals surface area contributed by atoms with E-state index in [0.717, 1.165) is 32.1 Å². The molecule has 0 unspecified atom stereocenters. The molecule has 0 aliphatic rings. The van der Waals surface area contributed by atoms with E-state index in [1.165, 1.54) is 5.56 Å². The van der Waals surface area contributed by atoms with Gasteiger partial charge in [0.25, 0.3) is 0 Å². The molecule has 106 valence electrons. The van der Waals surface area contributed by atoms with Crippen molar-refractivity contribution in [3.63, 3.8) is 0 Å². The molecule has 0 atom stereocenters. The first kappa shape index (κ1) is 14.5. The van der Waals surface area contributed by atoms with Crippen molar-refractivity contribution in [2.75, 3.05) is 0 Å². The van der Waals surface area contributed by atoms with Crippen LogP contribution in [-0.4, -0.2) is 9.97 Å². The number of aryl methyl sites for hydroxylation is 3. The molecule has 3 rings (SSSR count). The molecule has 3 aromatic rings. The molecule has 2 nitrogen and oxygen atoms in total. The van der Waals surface area contributed by atoms with Crippen LogP contribution in [0.4, 0.5) is 0 Å². The fourth-order valence-electron chi connectivity index (χ4n) is 2.39. The quantitative estimate of drug-likeness (QED) is 0.524. The summed E-state index contributed by atoms with van der Waals surface area (Å²) < 4.78 is 0.917. The SMILES string of the molecule is Cc1ccc(C)c(-c2nc(Cl)c3c(Br)ccc(C)c3n2)c1. The summed E-state index contributed by atoms with van der Waals surface area (Å²) in [6.07, 6.45) is 0. The normalized spacial score (nSPS) is 11.1. The second kappa shape index (κ2) is 5.39. The zero-order valence-corrected chi connectivity index (χ0v) is 14.4. The minimum Gasteiger partial charge on any atom is -0.228 e. The minimum atomic E-state index is 0.478. The average Bonchev–Trinajstić information content (AvgIpc) is 2.45. The Hall–Kier alpha value is -1.45. The largest absolute Gasteiger partial charge is 0.228 e. The van der Waals surface area contributed by atoms with E-state index in [-0.39, 0.29) is 0 Å².